The summed E-state index contributed by atoms with van der Waals surface area (Å²) in [5, 5.41) is 5.16. The molecule has 2 aromatic heterocycles. The van der Waals surface area contributed by atoms with Crippen LogP contribution in [0.3, 0.4) is 0 Å². The first-order valence-electron chi connectivity index (χ1n) is 7.89. The lowest BCUT2D eigenvalue weighted by atomic mass is 10.1. The van der Waals surface area contributed by atoms with Crippen molar-refractivity contribution < 1.29 is 4.79 Å². The van der Waals surface area contributed by atoms with Crippen LogP contribution in [0, 0.1) is 0 Å². The summed E-state index contributed by atoms with van der Waals surface area (Å²) < 4.78 is 0. The SMILES string of the molecule is CN(Cc1ccccn1)C(=O)NCCN1CCc2sccc2C1. The van der Waals surface area contributed by atoms with E-state index < -0.39 is 0 Å². The highest BCUT2D eigenvalue weighted by Crippen LogP contribution is 2.23. The number of rotatable bonds is 5. The average Bonchev–Trinajstić information content (AvgIpc) is 3.03. The Morgan fingerprint density at radius 2 is 2.35 bits per heavy atom. The molecule has 6 heteroatoms. The molecule has 0 spiro atoms. The molecule has 0 radical (unpaired) electrons. The van der Waals surface area contributed by atoms with Gasteiger partial charge < -0.3 is 10.2 Å². The summed E-state index contributed by atoms with van der Waals surface area (Å²) in [6.07, 6.45) is 2.87. The summed E-state index contributed by atoms with van der Waals surface area (Å²) in [4.78, 5) is 21.9. The molecule has 1 aliphatic rings. The Morgan fingerprint density at radius 1 is 1.43 bits per heavy atom. The molecule has 5 nitrogen and oxygen atoms in total. The normalized spacial score (nSPS) is 14.3. The number of nitrogens with zero attached hydrogens (tertiary/aromatic N) is 3. The van der Waals surface area contributed by atoms with Crippen molar-refractivity contribution in [3.8, 4) is 0 Å². The molecule has 0 fully saturated rings. The molecular weight excluding hydrogens is 308 g/mol. The highest BCUT2D eigenvalue weighted by Gasteiger charge is 2.17. The van der Waals surface area contributed by atoms with Crippen LogP contribution in [0.5, 0.6) is 0 Å². The molecular formula is C17H22N4OS. The van der Waals surface area contributed by atoms with Crippen LogP contribution in [0.1, 0.15) is 16.1 Å². The van der Waals surface area contributed by atoms with Crippen LogP contribution in [0.4, 0.5) is 4.79 Å². The van der Waals surface area contributed by atoms with Gasteiger partial charge in [0.1, 0.15) is 0 Å². The van der Waals surface area contributed by atoms with Gasteiger partial charge in [-0.05, 0) is 35.6 Å². The first-order valence-corrected chi connectivity index (χ1v) is 8.77. The number of amides is 2. The number of thiophene rings is 1. The number of nitrogens with one attached hydrogen (secondary N) is 1. The Kier molecular flexibility index (Phi) is 5.25. The predicted octanol–water partition coefficient (Wildman–Crippen LogP) is 2.34. The van der Waals surface area contributed by atoms with Gasteiger partial charge in [0, 0.05) is 44.3 Å². The zero-order valence-corrected chi connectivity index (χ0v) is 14.2. The second kappa shape index (κ2) is 7.57. The fraction of sp³-hybridized carbons (Fsp3) is 0.412. The molecule has 122 valence electrons. The van der Waals surface area contributed by atoms with E-state index in [0.29, 0.717) is 13.1 Å². The van der Waals surface area contributed by atoms with Crippen LogP contribution in [-0.4, -0.2) is 47.5 Å². The van der Waals surface area contributed by atoms with Crippen molar-refractivity contribution in [1.29, 1.82) is 0 Å². The van der Waals surface area contributed by atoms with Gasteiger partial charge in [0.2, 0.25) is 0 Å². The van der Waals surface area contributed by atoms with Crippen LogP contribution >= 0.6 is 11.3 Å². The van der Waals surface area contributed by atoms with Crippen LogP contribution in [0.25, 0.3) is 0 Å². The summed E-state index contributed by atoms with van der Waals surface area (Å²) in [6.45, 7) is 4.16. The van der Waals surface area contributed by atoms with Gasteiger partial charge in [-0.25, -0.2) is 4.79 Å². The van der Waals surface area contributed by atoms with Gasteiger partial charge in [-0.1, -0.05) is 6.07 Å². The van der Waals surface area contributed by atoms with E-state index in [-0.39, 0.29) is 6.03 Å². The Hall–Kier alpha value is -1.92. The van der Waals surface area contributed by atoms with E-state index in [0.717, 1.165) is 31.7 Å². The molecule has 0 aromatic carbocycles. The standard InChI is InChI=1S/C17H22N4OS/c1-20(13-15-4-2-3-7-18-15)17(22)19-8-10-21-9-5-16-14(12-21)6-11-23-16/h2-4,6-7,11H,5,8-10,12-13H2,1H3,(H,19,22). The van der Waals surface area contributed by atoms with E-state index in [4.69, 9.17) is 0 Å². The van der Waals surface area contributed by atoms with Crippen molar-refractivity contribution in [2.75, 3.05) is 26.7 Å². The van der Waals surface area contributed by atoms with Crippen LogP contribution < -0.4 is 5.32 Å². The molecule has 3 rings (SSSR count). The Labute approximate surface area is 140 Å². The number of hydrogen-bond donors (Lipinski definition) is 1. The minimum Gasteiger partial charge on any atom is -0.337 e. The Morgan fingerprint density at radius 3 is 3.17 bits per heavy atom. The van der Waals surface area contributed by atoms with E-state index >= 15 is 0 Å². The Bertz CT molecular complexity index is 643. The fourth-order valence-electron chi connectivity index (χ4n) is 2.76. The number of pyridine rings is 1. The molecule has 0 atom stereocenters. The number of carbonyl (C=O) groups excluding carboxylic acids is 1. The molecule has 0 bridgehead atoms. The molecule has 1 aliphatic heterocycles. The number of fused-ring (bicyclic) bond motifs is 1. The maximum Gasteiger partial charge on any atom is 0.317 e. The average molecular weight is 330 g/mol. The second-order valence-corrected chi connectivity index (χ2v) is 6.80. The van der Waals surface area contributed by atoms with Gasteiger partial charge in [-0.15, -0.1) is 11.3 Å². The molecule has 0 saturated heterocycles. The number of aromatic nitrogens is 1. The first kappa shape index (κ1) is 16.0. The van der Waals surface area contributed by atoms with E-state index in [9.17, 15) is 4.79 Å². The van der Waals surface area contributed by atoms with Gasteiger partial charge in [0.05, 0.1) is 12.2 Å². The highest BCUT2D eigenvalue weighted by atomic mass is 32.1. The first-order chi connectivity index (χ1) is 11.2. The smallest absolute Gasteiger partial charge is 0.317 e. The lowest BCUT2D eigenvalue weighted by Crippen LogP contribution is -2.42. The third kappa shape index (κ3) is 4.30. The quantitative estimate of drug-likeness (QED) is 0.915. The third-order valence-electron chi connectivity index (χ3n) is 4.06. The fourth-order valence-corrected chi connectivity index (χ4v) is 3.65. The van der Waals surface area contributed by atoms with Gasteiger partial charge in [0.25, 0.3) is 0 Å². The van der Waals surface area contributed by atoms with Crippen molar-refractivity contribution in [2.45, 2.75) is 19.5 Å². The lowest BCUT2D eigenvalue weighted by Gasteiger charge is -2.27. The zero-order chi connectivity index (χ0) is 16.1. The van der Waals surface area contributed by atoms with Crippen LogP contribution in [0.2, 0.25) is 0 Å². The van der Waals surface area contributed by atoms with E-state index in [2.05, 4.69) is 26.6 Å². The predicted molar refractivity (Wildman–Crippen MR) is 92.4 cm³/mol. The minimum absolute atomic E-state index is 0.0520. The molecule has 2 amide bonds. The van der Waals surface area contributed by atoms with Crippen molar-refractivity contribution in [1.82, 2.24) is 20.1 Å². The maximum atomic E-state index is 12.1. The van der Waals surface area contributed by atoms with Crippen molar-refractivity contribution in [2.24, 2.45) is 0 Å². The van der Waals surface area contributed by atoms with E-state index in [1.807, 2.05) is 29.5 Å². The number of urea groups is 1. The van der Waals surface area contributed by atoms with Crippen LogP contribution in [-0.2, 0) is 19.5 Å². The second-order valence-electron chi connectivity index (χ2n) is 5.80. The lowest BCUT2D eigenvalue weighted by molar-refractivity contribution is 0.201. The van der Waals surface area contributed by atoms with Gasteiger partial charge in [0.15, 0.2) is 0 Å². The van der Waals surface area contributed by atoms with E-state index in [1.54, 1.807) is 18.1 Å². The molecule has 1 N–H and O–H groups in total. The molecule has 0 aliphatic carbocycles. The summed E-state index contributed by atoms with van der Waals surface area (Å²) >= 11 is 1.85. The number of carbonyl (C=O) groups is 1. The minimum atomic E-state index is -0.0520. The van der Waals surface area contributed by atoms with Gasteiger partial charge in [-0.2, -0.15) is 0 Å². The summed E-state index contributed by atoms with van der Waals surface area (Å²) in [7, 11) is 1.79. The van der Waals surface area contributed by atoms with Crippen molar-refractivity contribution in [3.63, 3.8) is 0 Å². The molecule has 23 heavy (non-hydrogen) atoms. The Balaban J connectivity index is 1.39. The molecule has 0 saturated carbocycles. The molecule has 0 unspecified atom stereocenters. The largest absolute Gasteiger partial charge is 0.337 e. The molecule has 3 heterocycles. The maximum absolute atomic E-state index is 12.1. The monoisotopic (exact) mass is 330 g/mol. The van der Waals surface area contributed by atoms with Gasteiger partial charge >= 0.3 is 6.03 Å². The van der Waals surface area contributed by atoms with Crippen LogP contribution in [0.15, 0.2) is 35.8 Å². The van der Waals surface area contributed by atoms with Gasteiger partial charge in [-0.3, -0.25) is 9.88 Å². The third-order valence-corrected chi connectivity index (χ3v) is 5.09. The summed E-state index contributed by atoms with van der Waals surface area (Å²) in [5.41, 5.74) is 2.34. The molecule has 2 aromatic rings. The number of hydrogen-bond acceptors (Lipinski definition) is 4. The summed E-state index contributed by atoms with van der Waals surface area (Å²) in [5.74, 6) is 0. The summed E-state index contributed by atoms with van der Waals surface area (Å²) in [6, 6.07) is 7.90. The van der Waals surface area contributed by atoms with Crippen molar-refractivity contribution in [3.05, 3.63) is 52.0 Å². The van der Waals surface area contributed by atoms with Crippen molar-refractivity contribution >= 4 is 17.4 Å². The topological polar surface area (TPSA) is 48.5 Å². The van der Waals surface area contributed by atoms with E-state index in [1.165, 1.54) is 10.4 Å². The zero-order valence-electron chi connectivity index (χ0n) is 13.4. The highest BCUT2D eigenvalue weighted by molar-refractivity contribution is 7.10.